The van der Waals surface area contributed by atoms with E-state index in [4.69, 9.17) is 10.8 Å². The third kappa shape index (κ3) is 18.9. The number of ketones is 1. The van der Waals surface area contributed by atoms with E-state index in [1.54, 1.807) is 68.6 Å². The lowest BCUT2D eigenvalue weighted by atomic mass is 9.84. The number of rotatable bonds is 28. The Bertz CT molecular complexity index is 2040. The molecule has 0 aliphatic rings. The summed E-state index contributed by atoms with van der Waals surface area (Å²) in [6, 6.07) is 4.17. The van der Waals surface area contributed by atoms with Gasteiger partial charge in [0.05, 0.1) is 18.9 Å². The van der Waals surface area contributed by atoms with Crippen molar-refractivity contribution in [3.63, 3.8) is 0 Å². The van der Waals surface area contributed by atoms with Gasteiger partial charge in [-0.2, -0.15) is 0 Å². The fraction of sp³-hybridized carbons (Fsp3) is 0.512. The van der Waals surface area contributed by atoms with Crippen LogP contribution >= 0.6 is 11.3 Å². The van der Waals surface area contributed by atoms with E-state index in [0.717, 1.165) is 0 Å². The van der Waals surface area contributed by atoms with Gasteiger partial charge >= 0.3 is 17.9 Å². The molecule has 0 radical (unpaired) electrons. The first-order valence-corrected chi connectivity index (χ1v) is 21.6. The lowest BCUT2D eigenvalue weighted by Gasteiger charge is -2.37. The van der Waals surface area contributed by atoms with Crippen molar-refractivity contribution in [2.24, 2.45) is 11.1 Å². The zero-order chi connectivity index (χ0) is 49.1. The van der Waals surface area contributed by atoms with E-state index in [-0.39, 0.29) is 19.3 Å². The number of hydrogen-bond donors (Lipinski definition) is 10. The second-order valence-corrected chi connectivity index (χ2v) is 17.7. The van der Waals surface area contributed by atoms with Gasteiger partial charge in [-0.05, 0) is 42.2 Å². The number of benzene rings is 1. The molecule has 1 aromatic carbocycles. The summed E-state index contributed by atoms with van der Waals surface area (Å²) in [5.74, 6) is -12.4. The third-order valence-electron chi connectivity index (χ3n) is 9.92. The zero-order valence-corrected chi connectivity index (χ0v) is 37.7. The minimum atomic E-state index is -1.98. The monoisotopic (exact) mass is 929 g/mol. The number of hydrogen-bond acceptors (Lipinski definition) is 12. The van der Waals surface area contributed by atoms with Crippen molar-refractivity contribution in [1.29, 1.82) is 0 Å². The van der Waals surface area contributed by atoms with Crippen molar-refractivity contribution in [2.75, 3.05) is 0 Å². The largest absolute Gasteiger partial charge is 0.481 e. The summed E-state index contributed by atoms with van der Waals surface area (Å²) >= 11 is 1.29. The van der Waals surface area contributed by atoms with E-state index in [0.29, 0.717) is 23.3 Å². The van der Waals surface area contributed by atoms with Crippen LogP contribution in [0.2, 0.25) is 0 Å². The molecule has 0 saturated carbocycles. The Balaban J connectivity index is 2.54. The highest BCUT2D eigenvalue weighted by Crippen LogP contribution is 2.23. The summed E-state index contributed by atoms with van der Waals surface area (Å²) < 4.78 is 0. The molecule has 0 bridgehead atoms. The molecule has 0 aliphatic heterocycles. The van der Waals surface area contributed by atoms with Crippen molar-refractivity contribution >= 4 is 76.4 Å². The number of primary amides is 1. The molecule has 11 N–H and O–H groups in total. The number of aliphatic carboxylic acids is 3. The number of carboxylic acid groups (broad SMARTS) is 3. The predicted molar refractivity (Wildman–Crippen MR) is 234 cm³/mol. The Kier molecular flexibility index (Phi) is 21.4. The Morgan fingerprint density at radius 3 is 1.78 bits per heavy atom. The highest BCUT2D eigenvalue weighted by atomic mass is 32.1. The number of Topliss-reactive ketones (excluding diaryl/α,β-unsaturated/α-hetero) is 1. The van der Waals surface area contributed by atoms with E-state index in [1.807, 2.05) is 6.92 Å². The second-order valence-electron chi connectivity index (χ2n) is 16.6. The van der Waals surface area contributed by atoms with Crippen molar-refractivity contribution in [2.45, 2.75) is 135 Å². The lowest BCUT2D eigenvalue weighted by molar-refractivity contribution is -0.142. The van der Waals surface area contributed by atoms with Gasteiger partial charge < -0.3 is 53.0 Å². The first-order chi connectivity index (χ1) is 30.4. The summed E-state index contributed by atoms with van der Waals surface area (Å²) in [4.78, 5) is 142. The summed E-state index contributed by atoms with van der Waals surface area (Å²) in [5, 5.41) is 44.4. The fourth-order valence-corrected chi connectivity index (χ4v) is 7.16. The average Bonchev–Trinajstić information content (AvgIpc) is 3.73. The van der Waals surface area contributed by atoms with Crippen LogP contribution in [-0.4, -0.2) is 116 Å². The van der Waals surface area contributed by atoms with Crippen LogP contribution in [0, 0.1) is 5.41 Å². The molecular weight excluding hydrogens is 871 g/mol. The van der Waals surface area contributed by atoms with E-state index >= 15 is 0 Å². The Hall–Kier alpha value is -6.71. The predicted octanol–water partition coefficient (Wildman–Crippen LogP) is 0.327. The highest BCUT2D eigenvalue weighted by Gasteiger charge is 2.43. The van der Waals surface area contributed by atoms with Gasteiger partial charge in [-0.15, -0.1) is 11.3 Å². The number of carbonyl (C=O) groups excluding carboxylic acids is 8. The molecule has 2 aromatic rings. The Morgan fingerprint density at radius 2 is 1.25 bits per heavy atom. The normalized spacial score (nSPS) is 14.4. The van der Waals surface area contributed by atoms with Gasteiger partial charge in [0.1, 0.15) is 29.7 Å². The highest BCUT2D eigenvalue weighted by molar-refractivity contribution is 7.09. The number of carboxylic acids is 3. The molecule has 2 rings (SSSR count). The van der Waals surface area contributed by atoms with Gasteiger partial charge in [0.25, 0.3) is 5.91 Å². The molecule has 356 valence electrons. The van der Waals surface area contributed by atoms with Crippen LogP contribution in [0.15, 0.2) is 47.8 Å². The molecule has 0 saturated heterocycles. The minimum Gasteiger partial charge on any atom is -0.481 e. The van der Waals surface area contributed by atoms with Gasteiger partial charge in [0.2, 0.25) is 41.2 Å². The van der Waals surface area contributed by atoms with Gasteiger partial charge in [0.15, 0.2) is 0 Å². The average molecular weight is 930 g/mol. The summed E-state index contributed by atoms with van der Waals surface area (Å²) in [6.07, 6.45) is -2.60. The maximum absolute atomic E-state index is 14.6. The van der Waals surface area contributed by atoms with Crippen molar-refractivity contribution < 1.29 is 68.1 Å². The van der Waals surface area contributed by atoms with Crippen LogP contribution in [0.3, 0.4) is 0 Å². The number of carbonyl (C=O) groups is 11. The minimum absolute atomic E-state index is 0.0458. The van der Waals surface area contributed by atoms with E-state index in [1.165, 1.54) is 18.3 Å². The van der Waals surface area contributed by atoms with Crippen LogP contribution in [0.1, 0.15) is 96.4 Å². The molecule has 7 amide bonds. The molecule has 21 nitrogen and oxygen atoms in total. The molecular formula is C43H59N7O14S. The molecule has 22 heteroatoms. The number of amides is 7. The molecule has 0 spiro atoms. The number of thiophene rings is 1. The summed E-state index contributed by atoms with van der Waals surface area (Å²) in [6.45, 7) is 8.03. The molecule has 0 fully saturated rings. The third-order valence-corrected chi connectivity index (χ3v) is 10.8. The second kappa shape index (κ2) is 25.5. The topological polar surface area (TPSA) is 347 Å². The summed E-state index contributed by atoms with van der Waals surface area (Å²) in [5.41, 5.74) is 2.71. The standard InChI is InChI=1S/C43H59N7O14S/c1-6-7-15-26(34(58)36(44)59)46-37(60)28(21-25-14-11-20-65-25)48-40(63)35(42(2,3)4)49-41(64)43(5,23-24-12-9-8-10-13-24)50-39(62)27(16-18-31(52)53)47-38(61)29(22-33(56)57)45-30(51)17-19-32(54)55/h8-14,20,26-29,35H,6-7,15-19,21-23H2,1-5H3,(H2,44,59)(H,45,51)(H,46,60)(H,47,61)(H,48,63)(H,49,64)(H,50,62)(H,52,53)(H,54,55)(H,56,57)/t26-,27-,28-,29-,35+,43-/m0/s1. The zero-order valence-electron chi connectivity index (χ0n) is 36.9. The maximum atomic E-state index is 14.6. The lowest BCUT2D eigenvalue weighted by Crippen LogP contribution is -2.66. The van der Waals surface area contributed by atoms with Crippen molar-refractivity contribution in [1.82, 2.24) is 31.9 Å². The molecule has 6 atom stereocenters. The fourth-order valence-electron chi connectivity index (χ4n) is 6.41. The quantitative estimate of drug-likeness (QED) is 0.0515. The van der Waals surface area contributed by atoms with E-state index < -0.39 is 138 Å². The maximum Gasteiger partial charge on any atom is 0.305 e. The van der Waals surface area contributed by atoms with E-state index in [9.17, 15) is 63.0 Å². The van der Waals surface area contributed by atoms with Crippen LogP contribution in [0.25, 0.3) is 0 Å². The Morgan fingerprint density at radius 1 is 0.646 bits per heavy atom. The van der Waals surface area contributed by atoms with Gasteiger partial charge in [-0.3, -0.25) is 52.7 Å². The first kappa shape index (κ1) is 54.4. The summed E-state index contributed by atoms with van der Waals surface area (Å²) in [7, 11) is 0. The van der Waals surface area contributed by atoms with E-state index in [2.05, 4.69) is 31.9 Å². The molecule has 1 heterocycles. The molecule has 0 unspecified atom stereocenters. The van der Waals surface area contributed by atoms with Crippen LogP contribution in [0.5, 0.6) is 0 Å². The van der Waals surface area contributed by atoms with Gasteiger partial charge in [-0.1, -0.05) is 76.9 Å². The van der Waals surface area contributed by atoms with Crippen molar-refractivity contribution in [3.8, 4) is 0 Å². The van der Waals surface area contributed by atoms with Crippen molar-refractivity contribution in [3.05, 3.63) is 58.3 Å². The van der Waals surface area contributed by atoms with Gasteiger partial charge in [-0.25, -0.2) is 0 Å². The first-order valence-electron chi connectivity index (χ1n) is 20.8. The van der Waals surface area contributed by atoms with Crippen LogP contribution in [-0.2, 0) is 65.6 Å². The molecule has 65 heavy (non-hydrogen) atoms. The molecule has 1 aromatic heterocycles. The SMILES string of the molecule is CCCC[C@H](NC(=O)[C@H](Cc1cccs1)NC(=O)[C@@H](NC(=O)[C@](C)(Cc1ccccc1)NC(=O)[C@H](CCC(=O)O)NC(=O)[C@H](CC(=O)O)NC(=O)CCC(=O)O)C(C)(C)C)C(=O)C(N)=O. The smallest absolute Gasteiger partial charge is 0.305 e. The van der Waals surface area contributed by atoms with Crippen LogP contribution < -0.4 is 37.6 Å². The number of nitrogens with two attached hydrogens (primary N) is 1. The Labute approximate surface area is 379 Å². The number of unbranched alkanes of at least 4 members (excludes halogenated alkanes) is 1. The molecule has 0 aliphatic carbocycles. The van der Waals surface area contributed by atoms with Gasteiger partial charge in [0, 0.05) is 30.6 Å². The van der Waals surface area contributed by atoms with Crippen LogP contribution in [0.4, 0.5) is 0 Å². The number of nitrogens with one attached hydrogen (secondary N) is 6.